The van der Waals surface area contributed by atoms with Crippen LogP contribution in [0.3, 0.4) is 0 Å². The largest absolute Gasteiger partial charge is 0.419 e. The summed E-state index contributed by atoms with van der Waals surface area (Å²) >= 11 is 0. The lowest BCUT2D eigenvalue weighted by molar-refractivity contribution is -0.137. The van der Waals surface area contributed by atoms with E-state index in [2.05, 4.69) is 11.2 Å². The van der Waals surface area contributed by atoms with E-state index >= 15 is 0 Å². The third-order valence-electron chi connectivity index (χ3n) is 1.87. The Morgan fingerprint density at radius 3 is 2.67 bits per heavy atom. The normalized spacial score (nSPS) is 11.7. The third-order valence-corrected chi connectivity index (χ3v) is 1.87. The van der Waals surface area contributed by atoms with Crippen LogP contribution in [-0.2, 0) is 6.18 Å². The van der Waals surface area contributed by atoms with Gasteiger partial charge in [0.05, 0.1) is 17.4 Å². The van der Waals surface area contributed by atoms with Crippen LogP contribution in [0.2, 0.25) is 0 Å². The van der Waals surface area contributed by atoms with E-state index in [1.165, 1.54) is 4.68 Å². The van der Waals surface area contributed by atoms with Gasteiger partial charge in [0.25, 0.3) is 0 Å². The highest BCUT2D eigenvalue weighted by molar-refractivity contribution is 5.30. The maximum atomic E-state index is 12.3. The van der Waals surface area contributed by atoms with Crippen LogP contribution in [-0.4, -0.2) is 9.78 Å². The third kappa shape index (κ3) is 2.01. The van der Waals surface area contributed by atoms with Crippen LogP contribution in [0.15, 0.2) is 36.7 Å². The van der Waals surface area contributed by atoms with Gasteiger partial charge in [-0.2, -0.15) is 18.3 Å². The molecule has 0 saturated heterocycles. The summed E-state index contributed by atoms with van der Waals surface area (Å²) in [5.74, 6) is 0. The van der Waals surface area contributed by atoms with Gasteiger partial charge in [-0.1, -0.05) is 12.1 Å². The molecule has 77 valence electrons. The summed E-state index contributed by atoms with van der Waals surface area (Å²) in [6.45, 7) is 0. The number of nitrogens with zero attached hydrogens (tertiary/aromatic N) is 2. The number of hydrogen-bond donors (Lipinski definition) is 0. The van der Waals surface area contributed by atoms with E-state index < -0.39 is 11.7 Å². The molecule has 0 atom stereocenters. The second-order valence-electron chi connectivity index (χ2n) is 2.93. The fourth-order valence-corrected chi connectivity index (χ4v) is 1.14. The Morgan fingerprint density at radius 2 is 2.13 bits per heavy atom. The number of rotatable bonds is 1. The average Bonchev–Trinajstić information content (AvgIpc) is 2.67. The molecule has 0 aliphatic heterocycles. The SMILES string of the molecule is FC(F)(F)c1cnn(-c2c[c]ccc2)c1. The molecular weight excluding hydrogens is 205 g/mol. The minimum Gasteiger partial charge on any atom is -0.240 e. The van der Waals surface area contributed by atoms with Crippen molar-refractivity contribution in [2.45, 2.75) is 6.18 Å². The molecule has 1 aromatic heterocycles. The van der Waals surface area contributed by atoms with Crippen molar-refractivity contribution in [3.63, 3.8) is 0 Å². The fourth-order valence-electron chi connectivity index (χ4n) is 1.14. The van der Waals surface area contributed by atoms with Crippen LogP contribution in [0, 0.1) is 6.07 Å². The highest BCUT2D eigenvalue weighted by Crippen LogP contribution is 2.28. The van der Waals surface area contributed by atoms with Gasteiger partial charge in [0.2, 0.25) is 0 Å². The molecule has 5 heteroatoms. The van der Waals surface area contributed by atoms with Gasteiger partial charge < -0.3 is 0 Å². The van der Waals surface area contributed by atoms with Crippen LogP contribution in [0.5, 0.6) is 0 Å². The van der Waals surface area contributed by atoms with E-state index in [1.54, 1.807) is 24.3 Å². The van der Waals surface area contributed by atoms with Gasteiger partial charge in [-0.05, 0) is 18.2 Å². The van der Waals surface area contributed by atoms with Gasteiger partial charge in [0.1, 0.15) is 0 Å². The van der Waals surface area contributed by atoms with E-state index in [0.717, 1.165) is 12.4 Å². The number of alkyl halides is 3. The highest BCUT2D eigenvalue weighted by Gasteiger charge is 2.32. The van der Waals surface area contributed by atoms with Gasteiger partial charge in [0, 0.05) is 6.20 Å². The minimum absolute atomic E-state index is 0.549. The maximum absolute atomic E-state index is 12.3. The van der Waals surface area contributed by atoms with Crippen LogP contribution in [0.25, 0.3) is 5.69 Å². The summed E-state index contributed by atoms with van der Waals surface area (Å²) in [5.41, 5.74) is -0.209. The lowest BCUT2D eigenvalue weighted by atomic mass is 10.3. The molecule has 2 rings (SSSR count). The molecule has 1 aromatic carbocycles. The second kappa shape index (κ2) is 3.42. The molecule has 0 aliphatic carbocycles. The number of hydrogen-bond acceptors (Lipinski definition) is 1. The predicted octanol–water partition coefficient (Wildman–Crippen LogP) is 2.69. The van der Waals surface area contributed by atoms with Gasteiger partial charge in [-0.25, -0.2) is 4.68 Å². The first-order valence-electron chi connectivity index (χ1n) is 4.16. The summed E-state index contributed by atoms with van der Waals surface area (Å²) < 4.78 is 37.9. The average molecular weight is 211 g/mol. The van der Waals surface area contributed by atoms with Crippen LogP contribution in [0.4, 0.5) is 13.2 Å². The molecule has 0 N–H and O–H groups in total. The Labute approximate surface area is 84.0 Å². The van der Waals surface area contributed by atoms with Gasteiger partial charge in [-0.3, -0.25) is 0 Å². The Bertz CT molecular complexity index is 445. The Morgan fingerprint density at radius 1 is 1.33 bits per heavy atom. The van der Waals surface area contributed by atoms with Crippen molar-refractivity contribution in [1.82, 2.24) is 9.78 Å². The monoisotopic (exact) mass is 211 g/mol. The van der Waals surface area contributed by atoms with E-state index in [-0.39, 0.29) is 0 Å². The van der Waals surface area contributed by atoms with Crippen molar-refractivity contribution < 1.29 is 13.2 Å². The molecule has 15 heavy (non-hydrogen) atoms. The molecular formula is C10H6F3N2. The molecule has 0 spiro atoms. The molecule has 0 fully saturated rings. The summed E-state index contributed by atoms with van der Waals surface area (Å²) in [5, 5.41) is 3.63. The Hall–Kier alpha value is -1.78. The van der Waals surface area contributed by atoms with Gasteiger partial charge >= 0.3 is 6.18 Å². The van der Waals surface area contributed by atoms with Crippen molar-refractivity contribution in [3.8, 4) is 5.69 Å². The van der Waals surface area contributed by atoms with Crippen molar-refractivity contribution >= 4 is 0 Å². The molecule has 0 bridgehead atoms. The predicted molar refractivity (Wildman–Crippen MR) is 47.4 cm³/mol. The zero-order chi connectivity index (χ0) is 10.9. The van der Waals surface area contributed by atoms with Gasteiger partial charge in [-0.15, -0.1) is 0 Å². The molecule has 2 aromatic rings. The molecule has 2 nitrogen and oxygen atoms in total. The molecule has 0 aliphatic rings. The van der Waals surface area contributed by atoms with Crippen molar-refractivity contribution in [2.24, 2.45) is 0 Å². The lowest BCUT2D eigenvalue weighted by Crippen LogP contribution is -2.02. The highest BCUT2D eigenvalue weighted by atomic mass is 19.4. The van der Waals surface area contributed by atoms with Crippen LogP contribution in [0.1, 0.15) is 5.56 Å². The molecule has 1 radical (unpaired) electrons. The standard InChI is InChI=1S/C10H6F3N2/c11-10(12,13)8-6-14-15(7-8)9-4-2-1-3-5-9/h1-2,4-7H. The number of benzene rings is 1. The fraction of sp³-hybridized carbons (Fsp3) is 0.100. The zero-order valence-electron chi connectivity index (χ0n) is 7.49. The quantitative estimate of drug-likeness (QED) is 0.709. The number of halogens is 3. The summed E-state index contributed by atoms with van der Waals surface area (Å²) in [7, 11) is 0. The van der Waals surface area contributed by atoms with Crippen molar-refractivity contribution in [3.05, 3.63) is 48.3 Å². The Kier molecular flexibility index (Phi) is 2.22. The van der Waals surface area contributed by atoms with E-state index in [1.807, 2.05) is 0 Å². The number of aromatic nitrogens is 2. The minimum atomic E-state index is -4.35. The zero-order valence-corrected chi connectivity index (χ0v) is 7.49. The second-order valence-corrected chi connectivity index (χ2v) is 2.93. The Balaban J connectivity index is 2.37. The van der Waals surface area contributed by atoms with Crippen LogP contribution < -0.4 is 0 Å². The smallest absolute Gasteiger partial charge is 0.240 e. The first-order chi connectivity index (χ1) is 7.07. The van der Waals surface area contributed by atoms with E-state index in [9.17, 15) is 13.2 Å². The first kappa shape index (κ1) is 9.76. The molecule has 0 unspecified atom stereocenters. The first-order valence-corrected chi connectivity index (χ1v) is 4.16. The van der Waals surface area contributed by atoms with Gasteiger partial charge in [0.15, 0.2) is 0 Å². The topological polar surface area (TPSA) is 17.8 Å². The summed E-state index contributed by atoms with van der Waals surface area (Å²) in [4.78, 5) is 0. The molecule has 0 amide bonds. The van der Waals surface area contributed by atoms with E-state index in [0.29, 0.717) is 5.69 Å². The summed E-state index contributed by atoms with van der Waals surface area (Å²) in [6, 6.07) is 9.33. The van der Waals surface area contributed by atoms with Crippen LogP contribution >= 0.6 is 0 Å². The maximum Gasteiger partial charge on any atom is 0.419 e. The van der Waals surface area contributed by atoms with E-state index in [4.69, 9.17) is 0 Å². The molecule has 0 saturated carbocycles. The lowest BCUT2D eigenvalue weighted by Gasteiger charge is -2.01. The van der Waals surface area contributed by atoms with Crippen molar-refractivity contribution in [1.29, 1.82) is 0 Å². The summed E-state index contributed by atoms with van der Waals surface area (Å²) in [6.07, 6.45) is -2.60. The molecule has 1 heterocycles. The van der Waals surface area contributed by atoms with Crippen molar-refractivity contribution in [2.75, 3.05) is 0 Å².